The van der Waals surface area contributed by atoms with Crippen LogP contribution in [0.3, 0.4) is 0 Å². The highest BCUT2D eigenvalue weighted by atomic mass is 16.3. The lowest BCUT2D eigenvalue weighted by Gasteiger charge is -2.31. The van der Waals surface area contributed by atoms with E-state index in [1.807, 2.05) is 0 Å². The minimum absolute atomic E-state index is 0.852. The van der Waals surface area contributed by atoms with Crippen molar-refractivity contribution in [3.05, 3.63) is 242 Å². The van der Waals surface area contributed by atoms with Gasteiger partial charge in [0.2, 0.25) is 0 Å². The molecule has 0 aliphatic carbocycles. The van der Waals surface area contributed by atoms with Gasteiger partial charge in [-0.2, -0.15) is 0 Å². The first-order valence-electron chi connectivity index (χ1n) is 22.3. The number of aromatic nitrogens is 1. The average molecular weight is 833 g/mol. The summed E-state index contributed by atoms with van der Waals surface area (Å²) in [5, 5.41) is 4.62. The molecule has 0 unspecified atom stereocenters. The van der Waals surface area contributed by atoms with Crippen LogP contribution in [-0.2, 0) is 0 Å². The van der Waals surface area contributed by atoms with Crippen molar-refractivity contribution in [3.63, 3.8) is 0 Å². The van der Waals surface area contributed by atoms with Gasteiger partial charge < -0.3 is 13.9 Å². The first-order valence-corrected chi connectivity index (χ1v) is 22.3. The van der Waals surface area contributed by atoms with Gasteiger partial charge in [0.1, 0.15) is 11.2 Å². The molecule has 0 N–H and O–H groups in total. The highest BCUT2D eigenvalue weighted by molar-refractivity contribution is 6.18. The van der Waals surface area contributed by atoms with E-state index in [1.165, 1.54) is 55.2 Å². The predicted octanol–water partition coefficient (Wildman–Crippen LogP) is 17.4. The Morgan fingerprint density at radius 2 is 0.954 bits per heavy atom. The number of aryl methyl sites for hydroxylation is 2. The van der Waals surface area contributed by atoms with E-state index in [9.17, 15) is 0 Å². The Balaban J connectivity index is 1.12. The summed E-state index contributed by atoms with van der Waals surface area (Å²) in [6, 6.07) is 83.2. The molecule has 308 valence electrons. The third-order valence-corrected chi connectivity index (χ3v) is 13.0. The third kappa shape index (κ3) is 6.51. The van der Waals surface area contributed by atoms with Crippen LogP contribution in [0.1, 0.15) is 11.1 Å². The molecule has 12 aromatic rings. The van der Waals surface area contributed by atoms with Crippen LogP contribution >= 0.6 is 0 Å². The summed E-state index contributed by atoms with van der Waals surface area (Å²) in [5.74, 6) is 0. The van der Waals surface area contributed by atoms with Gasteiger partial charge in [-0.3, -0.25) is 0 Å². The average Bonchev–Trinajstić information content (AvgIpc) is 3.92. The summed E-state index contributed by atoms with van der Waals surface area (Å²) < 4.78 is 9.44. The first kappa shape index (κ1) is 38.3. The van der Waals surface area contributed by atoms with E-state index in [0.717, 1.165) is 66.9 Å². The van der Waals surface area contributed by atoms with Crippen LogP contribution in [-0.4, -0.2) is 4.57 Å². The van der Waals surface area contributed by atoms with Gasteiger partial charge in [-0.1, -0.05) is 164 Å². The molecule has 10 aromatic carbocycles. The molecular formula is C62H44N2O. The zero-order valence-electron chi connectivity index (χ0n) is 36.2. The highest BCUT2D eigenvalue weighted by Crippen LogP contribution is 2.51. The summed E-state index contributed by atoms with van der Waals surface area (Å²) in [6.07, 6.45) is 0. The van der Waals surface area contributed by atoms with Gasteiger partial charge >= 0.3 is 0 Å². The molecule has 2 heterocycles. The fourth-order valence-electron chi connectivity index (χ4n) is 10.1. The summed E-state index contributed by atoms with van der Waals surface area (Å²) >= 11 is 0. The van der Waals surface area contributed by atoms with Crippen molar-refractivity contribution in [1.82, 2.24) is 4.57 Å². The number of rotatable bonds is 8. The van der Waals surface area contributed by atoms with Gasteiger partial charge in [0, 0.05) is 38.7 Å². The lowest BCUT2D eigenvalue weighted by atomic mass is 9.92. The summed E-state index contributed by atoms with van der Waals surface area (Å²) in [6.45, 7) is 4.48. The fourth-order valence-corrected chi connectivity index (χ4v) is 10.1. The number of fused-ring (bicyclic) bond motifs is 6. The molecule has 12 rings (SSSR count). The first-order chi connectivity index (χ1) is 32.1. The van der Waals surface area contributed by atoms with Crippen molar-refractivity contribution in [2.24, 2.45) is 0 Å². The van der Waals surface area contributed by atoms with Crippen LogP contribution in [0.25, 0.3) is 93.9 Å². The lowest BCUT2D eigenvalue weighted by molar-refractivity contribution is 0.670. The van der Waals surface area contributed by atoms with Crippen LogP contribution < -0.4 is 4.90 Å². The number of anilines is 3. The van der Waals surface area contributed by atoms with E-state index < -0.39 is 0 Å². The van der Waals surface area contributed by atoms with Gasteiger partial charge in [-0.15, -0.1) is 0 Å². The smallest absolute Gasteiger partial charge is 0.145 e. The maximum absolute atomic E-state index is 7.06. The van der Waals surface area contributed by atoms with Crippen LogP contribution in [0.2, 0.25) is 0 Å². The van der Waals surface area contributed by atoms with Crippen LogP contribution in [0.5, 0.6) is 0 Å². The van der Waals surface area contributed by atoms with Crippen LogP contribution in [0.4, 0.5) is 17.1 Å². The molecular weight excluding hydrogens is 789 g/mol. The second-order valence-electron chi connectivity index (χ2n) is 17.0. The van der Waals surface area contributed by atoms with E-state index in [2.05, 4.69) is 254 Å². The summed E-state index contributed by atoms with van der Waals surface area (Å²) in [4.78, 5) is 2.48. The monoisotopic (exact) mass is 832 g/mol. The summed E-state index contributed by atoms with van der Waals surface area (Å²) in [7, 11) is 0. The molecule has 0 fully saturated rings. The predicted molar refractivity (Wildman–Crippen MR) is 274 cm³/mol. The Morgan fingerprint density at radius 1 is 0.385 bits per heavy atom. The second kappa shape index (κ2) is 15.7. The molecule has 0 radical (unpaired) electrons. The minimum atomic E-state index is 0.852. The van der Waals surface area contributed by atoms with Crippen molar-refractivity contribution in [3.8, 4) is 50.2 Å². The minimum Gasteiger partial charge on any atom is -0.455 e. The van der Waals surface area contributed by atoms with Gasteiger partial charge in [-0.25, -0.2) is 0 Å². The maximum atomic E-state index is 7.06. The van der Waals surface area contributed by atoms with Crippen LogP contribution in [0.15, 0.2) is 235 Å². The van der Waals surface area contributed by atoms with Gasteiger partial charge in [0.25, 0.3) is 0 Å². The van der Waals surface area contributed by atoms with Crippen molar-refractivity contribution >= 4 is 60.8 Å². The SMILES string of the molecule is Cc1cc(N(c2c(C)cc(-c3ccccc3)cc2-c2ccccc2)c2ccc(-c3cccc(-n4c5ccccc5c5ccccc54)c3)c3oc4ccccc4c23)ccc1-c1ccccc1. The lowest BCUT2D eigenvalue weighted by Crippen LogP contribution is -2.14. The van der Waals surface area contributed by atoms with Crippen molar-refractivity contribution in [2.45, 2.75) is 13.8 Å². The molecule has 0 atom stereocenters. The number of nitrogens with zero attached hydrogens (tertiary/aromatic N) is 2. The zero-order valence-corrected chi connectivity index (χ0v) is 36.2. The highest BCUT2D eigenvalue weighted by Gasteiger charge is 2.27. The van der Waals surface area contributed by atoms with E-state index >= 15 is 0 Å². The van der Waals surface area contributed by atoms with E-state index in [1.54, 1.807) is 0 Å². The standard InChI is InChI=1S/C62H44N2O/c1-41-38-49(33-34-50(41)44-21-8-4-9-22-44)64(61-42(2)37-47(43-19-6-3-7-20-43)40-55(61)45-23-10-5-11-24-45)58-36-35-51(62-60(58)54-29-14-17-32-59(54)65-62)46-25-18-26-48(39-46)63-56-30-15-12-27-52(56)53-28-13-16-31-57(53)63/h3-40H,1-2H3. The van der Waals surface area contributed by atoms with Crippen molar-refractivity contribution in [2.75, 3.05) is 4.90 Å². The quantitative estimate of drug-likeness (QED) is 0.152. The molecule has 0 bridgehead atoms. The molecule has 3 nitrogen and oxygen atoms in total. The Kier molecular flexibility index (Phi) is 9.28. The number of hydrogen-bond donors (Lipinski definition) is 0. The van der Waals surface area contributed by atoms with Gasteiger partial charge in [-0.05, 0) is 125 Å². The molecule has 0 saturated carbocycles. The Morgan fingerprint density at radius 3 is 1.63 bits per heavy atom. The topological polar surface area (TPSA) is 21.3 Å². The molecule has 65 heavy (non-hydrogen) atoms. The zero-order chi connectivity index (χ0) is 43.4. The third-order valence-electron chi connectivity index (χ3n) is 13.0. The van der Waals surface area contributed by atoms with Crippen molar-refractivity contribution < 1.29 is 4.42 Å². The van der Waals surface area contributed by atoms with E-state index in [0.29, 0.717) is 0 Å². The molecule has 3 heteroatoms. The number of benzene rings is 10. The fraction of sp³-hybridized carbons (Fsp3) is 0.0323. The van der Waals surface area contributed by atoms with Crippen LogP contribution in [0, 0.1) is 13.8 Å². The Bertz CT molecular complexity index is 3680. The largest absolute Gasteiger partial charge is 0.455 e. The van der Waals surface area contributed by atoms with Gasteiger partial charge in [0.05, 0.1) is 27.8 Å². The molecule has 0 aliphatic rings. The summed E-state index contributed by atoms with van der Waals surface area (Å²) in [5.41, 5.74) is 20.0. The van der Waals surface area contributed by atoms with E-state index in [-0.39, 0.29) is 0 Å². The van der Waals surface area contributed by atoms with Gasteiger partial charge in [0.15, 0.2) is 0 Å². The van der Waals surface area contributed by atoms with E-state index in [4.69, 9.17) is 4.42 Å². The number of furan rings is 1. The van der Waals surface area contributed by atoms with Crippen molar-refractivity contribution in [1.29, 1.82) is 0 Å². The molecule has 2 aromatic heterocycles. The molecule has 0 aliphatic heterocycles. The molecule has 0 saturated heterocycles. The number of hydrogen-bond acceptors (Lipinski definition) is 2. The molecule has 0 amide bonds. The molecule has 0 spiro atoms. The Hall–Kier alpha value is -8.40. The maximum Gasteiger partial charge on any atom is 0.145 e. The number of para-hydroxylation sites is 3. The normalized spacial score (nSPS) is 11.5. The Labute approximate surface area is 378 Å². The second-order valence-corrected chi connectivity index (χ2v) is 17.0.